The summed E-state index contributed by atoms with van der Waals surface area (Å²) in [5.74, 6) is 0.942. The topological polar surface area (TPSA) is 35.6 Å². The lowest BCUT2D eigenvalue weighted by Crippen LogP contribution is -2.39. The van der Waals surface area contributed by atoms with E-state index in [1.807, 2.05) is 13.1 Å². The van der Waals surface area contributed by atoms with E-state index in [4.69, 9.17) is 0 Å². The minimum Gasteiger partial charge on any atom is -0.371 e. The van der Waals surface area contributed by atoms with Crippen LogP contribution in [0.3, 0.4) is 0 Å². The zero-order valence-electron chi connectivity index (χ0n) is 13.3. The molecule has 1 atom stereocenters. The Hall–Kier alpha value is -1.36. The molecule has 1 aliphatic rings. The number of rotatable bonds is 5. The number of hydrogen-bond donors (Lipinski definition) is 1. The van der Waals surface area contributed by atoms with Gasteiger partial charge in [-0.2, -0.15) is 11.8 Å². The van der Waals surface area contributed by atoms with Crippen molar-refractivity contribution >= 4 is 29.2 Å². The summed E-state index contributed by atoms with van der Waals surface area (Å²) >= 11 is 1.75. The Balaban J connectivity index is 2.05. The number of nitrogens with zero attached hydrogens (tertiary/aromatic N) is 2. The highest BCUT2D eigenvalue weighted by molar-refractivity contribution is 7.98. The van der Waals surface area contributed by atoms with Crippen LogP contribution >= 0.6 is 11.8 Å². The Morgan fingerprint density at radius 3 is 2.95 bits per heavy atom. The normalized spacial score (nSPS) is 14.8. The van der Waals surface area contributed by atoms with E-state index in [2.05, 4.69) is 42.5 Å². The smallest absolute Gasteiger partial charge is 0.321 e. The van der Waals surface area contributed by atoms with Gasteiger partial charge in [-0.1, -0.05) is 6.07 Å². The number of benzene rings is 1. The molecule has 0 fully saturated rings. The number of thioether (sulfide) groups is 1. The van der Waals surface area contributed by atoms with Crippen LogP contribution in [-0.4, -0.2) is 49.1 Å². The molecule has 0 saturated carbocycles. The fraction of sp³-hybridized carbons (Fsp3) is 0.562. The quantitative estimate of drug-likeness (QED) is 0.907. The lowest BCUT2D eigenvalue weighted by molar-refractivity contribution is 0.212. The number of amides is 2. The van der Waals surface area contributed by atoms with Gasteiger partial charge in [0.15, 0.2) is 0 Å². The predicted molar refractivity (Wildman–Crippen MR) is 92.7 cm³/mol. The van der Waals surface area contributed by atoms with Crippen molar-refractivity contribution < 1.29 is 4.79 Å². The van der Waals surface area contributed by atoms with Crippen LogP contribution in [0.1, 0.15) is 19.4 Å². The zero-order chi connectivity index (χ0) is 15.4. The maximum Gasteiger partial charge on any atom is 0.321 e. The fourth-order valence-electron chi connectivity index (χ4n) is 2.62. The number of carbonyl (C=O) groups excluding carboxylic acids is 1. The average molecular weight is 307 g/mol. The first-order valence-corrected chi connectivity index (χ1v) is 8.86. The van der Waals surface area contributed by atoms with Gasteiger partial charge in [-0.25, -0.2) is 4.79 Å². The molecule has 4 nitrogen and oxygen atoms in total. The van der Waals surface area contributed by atoms with Gasteiger partial charge >= 0.3 is 6.03 Å². The fourth-order valence-corrected chi connectivity index (χ4v) is 3.32. The van der Waals surface area contributed by atoms with Crippen molar-refractivity contribution in [3.8, 4) is 0 Å². The number of likely N-dealkylation sites (N-methyl/N-ethyl adjacent to an activating group) is 1. The van der Waals surface area contributed by atoms with E-state index in [1.54, 1.807) is 16.7 Å². The van der Waals surface area contributed by atoms with Gasteiger partial charge < -0.3 is 15.1 Å². The minimum absolute atomic E-state index is 0.0439. The van der Waals surface area contributed by atoms with Gasteiger partial charge in [0.1, 0.15) is 0 Å². The molecule has 0 saturated heterocycles. The van der Waals surface area contributed by atoms with Crippen LogP contribution in [0.5, 0.6) is 0 Å². The third kappa shape index (κ3) is 3.64. The summed E-state index contributed by atoms with van der Waals surface area (Å²) in [5.41, 5.74) is 3.51. The second-order valence-electron chi connectivity index (χ2n) is 5.52. The first kappa shape index (κ1) is 16.0. The summed E-state index contributed by atoms with van der Waals surface area (Å²) in [6.07, 6.45) is 3.16. The van der Waals surface area contributed by atoms with E-state index in [0.717, 1.165) is 31.0 Å². The summed E-state index contributed by atoms with van der Waals surface area (Å²) in [7, 11) is 1.85. The van der Waals surface area contributed by atoms with E-state index >= 15 is 0 Å². The molecule has 1 N–H and O–H groups in total. The maximum atomic E-state index is 12.3. The zero-order valence-corrected chi connectivity index (χ0v) is 14.2. The molecule has 2 amide bonds. The highest BCUT2D eigenvalue weighted by Crippen LogP contribution is 2.30. The molecule has 0 unspecified atom stereocenters. The predicted octanol–water partition coefficient (Wildman–Crippen LogP) is 3.28. The lowest BCUT2D eigenvalue weighted by Gasteiger charge is -2.25. The first-order chi connectivity index (χ1) is 10.1. The molecular weight excluding hydrogens is 282 g/mol. The SMILES string of the molecule is CCN1CCc2ccc(NC(=O)N(C)[C@H](C)CSC)cc21. The number of anilines is 2. The van der Waals surface area contributed by atoms with Gasteiger partial charge in [0, 0.05) is 43.3 Å². The summed E-state index contributed by atoms with van der Waals surface area (Å²) in [6, 6.07) is 6.41. The third-order valence-corrected chi connectivity index (χ3v) is 4.92. The molecule has 5 heteroatoms. The average Bonchev–Trinajstić information content (AvgIpc) is 2.88. The van der Waals surface area contributed by atoms with Crippen LogP contribution in [0.25, 0.3) is 0 Å². The molecule has 0 spiro atoms. The van der Waals surface area contributed by atoms with Gasteiger partial charge in [0.2, 0.25) is 0 Å². The molecule has 1 heterocycles. The molecule has 2 rings (SSSR count). The summed E-state index contributed by atoms with van der Waals surface area (Å²) in [6.45, 7) is 6.32. The molecule has 0 aromatic heterocycles. The Morgan fingerprint density at radius 2 is 2.29 bits per heavy atom. The van der Waals surface area contributed by atoms with E-state index in [0.29, 0.717) is 0 Å². The van der Waals surface area contributed by atoms with Gasteiger partial charge in [-0.3, -0.25) is 0 Å². The standard InChI is InChI=1S/C16H25N3OS/c1-5-19-9-8-13-6-7-14(10-15(13)19)17-16(20)18(3)12(2)11-21-4/h6-7,10,12H,5,8-9,11H2,1-4H3,(H,17,20)/t12-/m1/s1. The highest BCUT2D eigenvalue weighted by atomic mass is 32.2. The largest absolute Gasteiger partial charge is 0.371 e. The molecule has 0 aliphatic carbocycles. The highest BCUT2D eigenvalue weighted by Gasteiger charge is 2.19. The molecule has 0 bridgehead atoms. The number of urea groups is 1. The van der Waals surface area contributed by atoms with Crippen LogP contribution in [0.4, 0.5) is 16.2 Å². The molecule has 1 aliphatic heterocycles. The lowest BCUT2D eigenvalue weighted by atomic mass is 10.1. The number of hydrogen-bond acceptors (Lipinski definition) is 3. The summed E-state index contributed by atoms with van der Waals surface area (Å²) in [5, 5.41) is 3.01. The maximum absolute atomic E-state index is 12.3. The molecule has 21 heavy (non-hydrogen) atoms. The van der Waals surface area contributed by atoms with E-state index in [1.165, 1.54) is 11.3 Å². The Kier molecular flexibility index (Phi) is 5.39. The number of nitrogens with one attached hydrogen (secondary N) is 1. The van der Waals surface area contributed by atoms with Crippen molar-refractivity contribution in [3.63, 3.8) is 0 Å². The monoisotopic (exact) mass is 307 g/mol. The summed E-state index contributed by atoms with van der Waals surface area (Å²) in [4.78, 5) is 16.4. The Bertz CT molecular complexity index is 506. The Labute approximate surface area is 131 Å². The molecule has 1 aromatic carbocycles. The first-order valence-electron chi connectivity index (χ1n) is 7.47. The molecular formula is C16H25N3OS. The van der Waals surface area contributed by atoms with Crippen molar-refractivity contribution in [3.05, 3.63) is 23.8 Å². The van der Waals surface area contributed by atoms with E-state index in [-0.39, 0.29) is 12.1 Å². The van der Waals surface area contributed by atoms with Crippen molar-refractivity contribution in [2.24, 2.45) is 0 Å². The van der Waals surface area contributed by atoms with Crippen LogP contribution in [0.2, 0.25) is 0 Å². The van der Waals surface area contributed by atoms with Gasteiger partial charge in [-0.15, -0.1) is 0 Å². The minimum atomic E-state index is -0.0439. The summed E-state index contributed by atoms with van der Waals surface area (Å²) < 4.78 is 0. The Morgan fingerprint density at radius 1 is 1.52 bits per heavy atom. The van der Waals surface area contributed by atoms with Gasteiger partial charge in [0.05, 0.1) is 0 Å². The van der Waals surface area contributed by atoms with Crippen molar-refractivity contribution in [1.29, 1.82) is 0 Å². The van der Waals surface area contributed by atoms with Crippen LogP contribution in [0.15, 0.2) is 18.2 Å². The second kappa shape index (κ2) is 7.07. The van der Waals surface area contributed by atoms with Gasteiger partial charge in [0.25, 0.3) is 0 Å². The van der Waals surface area contributed by atoms with Crippen molar-refractivity contribution in [2.75, 3.05) is 42.4 Å². The van der Waals surface area contributed by atoms with Crippen LogP contribution in [-0.2, 0) is 6.42 Å². The molecule has 1 aromatic rings. The van der Waals surface area contributed by atoms with E-state index < -0.39 is 0 Å². The molecule has 0 radical (unpaired) electrons. The van der Waals surface area contributed by atoms with Crippen LogP contribution < -0.4 is 10.2 Å². The number of carbonyl (C=O) groups is 1. The van der Waals surface area contributed by atoms with Crippen LogP contribution in [0, 0.1) is 0 Å². The van der Waals surface area contributed by atoms with Crippen molar-refractivity contribution in [2.45, 2.75) is 26.3 Å². The number of fused-ring (bicyclic) bond motifs is 1. The van der Waals surface area contributed by atoms with E-state index in [9.17, 15) is 4.79 Å². The van der Waals surface area contributed by atoms with Gasteiger partial charge in [-0.05, 0) is 44.2 Å². The second-order valence-corrected chi connectivity index (χ2v) is 6.43. The third-order valence-electron chi connectivity index (χ3n) is 4.10. The van der Waals surface area contributed by atoms with Crippen molar-refractivity contribution in [1.82, 2.24) is 4.90 Å². The molecule has 116 valence electrons.